The molecule has 0 bridgehead atoms. The first-order valence-electron chi connectivity index (χ1n) is 11.7. The molecule has 1 aliphatic carbocycles. The predicted octanol–water partition coefficient (Wildman–Crippen LogP) is 5.22. The van der Waals surface area contributed by atoms with Gasteiger partial charge in [0.15, 0.2) is 0 Å². The number of halogens is 4. The summed E-state index contributed by atoms with van der Waals surface area (Å²) in [6.45, 7) is 1.62. The van der Waals surface area contributed by atoms with Crippen LogP contribution in [0.25, 0.3) is 0 Å². The second kappa shape index (κ2) is 10.9. The first kappa shape index (κ1) is 27.3. The number of nitrogens with one attached hydrogen (secondary N) is 1. The second-order valence-electron chi connectivity index (χ2n) is 9.71. The van der Waals surface area contributed by atoms with Crippen LogP contribution < -0.4 is 4.72 Å². The van der Waals surface area contributed by atoms with Gasteiger partial charge in [-0.1, -0.05) is 23.2 Å². The summed E-state index contributed by atoms with van der Waals surface area (Å²) in [6, 6.07) is 7.94. The van der Waals surface area contributed by atoms with Gasteiger partial charge in [-0.3, -0.25) is 9.69 Å². The highest BCUT2D eigenvalue weighted by Gasteiger charge is 2.35. The number of sulfonamides is 1. The van der Waals surface area contributed by atoms with Crippen LogP contribution in [-0.2, 0) is 27.9 Å². The number of hydrogen-bond donors (Lipinski definition) is 1. The number of carbonyl (C=O) groups is 1. The molecule has 2 aromatic carbocycles. The molecule has 196 valence electrons. The number of amides is 1. The molecule has 1 amide bonds. The van der Waals surface area contributed by atoms with Crippen molar-refractivity contribution in [3.05, 3.63) is 68.4 Å². The van der Waals surface area contributed by atoms with Crippen molar-refractivity contribution in [3.8, 4) is 0 Å². The Morgan fingerprint density at radius 3 is 2.36 bits per heavy atom. The zero-order valence-electron chi connectivity index (χ0n) is 19.8. The minimum absolute atomic E-state index is 0.00707. The molecule has 6 nitrogen and oxygen atoms in total. The van der Waals surface area contributed by atoms with Crippen LogP contribution in [0.5, 0.6) is 0 Å². The Morgan fingerprint density at radius 2 is 1.78 bits per heavy atom. The third-order valence-corrected chi connectivity index (χ3v) is 7.46. The highest BCUT2D eigenvalue weighted by molar-refractivity contribution is 7.89. The van der Waals surface area contributed by atoms with E-state index in [1.807, 2.05) is 12.1 Å². The summed E-state index contributed by atoms with van der Waals surface area (Å²) in [4.78, 5) is 14.3. The Balaban J connectivity index is 1.34. The Hall–Kier alpha value is -1.78. The number of likely N-dealkylation sites (tertiary alicyclic amines) is 1. The van der Waals surface area contributed by atoms with Crippen molar-refractivity contribution < 1.29 is 26.7 Å². The summed E-state index contributed by atoms with van der Waals surface area (Å²) in [5.41, 5.74) is 0.429. The summed E-state index contributed by atoms with van der Waals surface area (Å²) in [5.74, 6) is -1.71. The van der Waals surface area contributed by atoms with E-state index in [1.54, 1.807) is 10.8 Å². The topological polar surface area (TPSA) is 75.7 Å². The van der Waals surface area contributed by atoms with Crippen LogP contribution in [0, 0.1) is 5.82 Å². The van der Waals surface area contributed by atoms with E-state index in [-0.39, 0.29) is 24.7 Å². The summed E-state index contributed by atoms with van der Waals surface area (Å²) in [6.07, 6.45) is 3.20. The molecule has 1 N–H and O–H groups in total. The van der Waals surface area contributed by atoms with E-state index in [9.17, 15) is 17.6 Å². The monoisotopic (exact) mass is 560 g/mol. The Morgan fingerprint density at radius 1 is 1.14 bits per heavy atom. The van der Waals surface area contributed by atoms with Gasteiger partial charge in [0.25, 0.3) is 5.91 Å². The Kier molecular flexibility index (Phi) is 8.26. The Labute approximate surface area is 220 Å². The van der Waals surface area contributed by atoms with E-state index in [2.05, 4.69) is 4.90 Å². The van der Waals surface area contributed by atoms with Crippen molar-refractivity contribution in [1.82, 2.24) is 9.62 Å². The zero-order chi connectivity index (χ0) is 26.1. The first-order chi connectivity index (χ1) is 16.9. The number of ether oxygens (including phenoxy) is 1. The van der Waals surface area contributed by atoms with Crippen LogP contribution in [0.15, 0.2) is 30.3 Å². The molecule has 0 spiro atoms. The molecule has 0 unspecified atom stereocenters. The zero-order valence-corrected chi connectivity index (χ0v) is 22.2. The smallest absolute Gasteiger partial charge is 0.267 e. The van der Waals surface area contributed by atoms with Gasteiger partial charge in [-0.15, -0.1) is 0 Å². The van der Waals surface area contributed by atoms with Crippen molar-refractivity contribution in [2.45, 2.75) is 50.4 Å². The predicted molar refractivity (Wildman–Crippen MR) is 135 cm³/mol. The molecule has 0 aromatic heterocycles. The van der Waals surface area contributed by atoms with E-state index in [0.717, 1.165) is 30.2 Å². The maximum Gasteiger partial charge on any atom is 0.267 e. The number of carbonyl (C=O) groups excluding carboxylic acids is 1. The molecule has 2 fully saturated rings. The van der Waals surface area contributed by atoms with Crippen LogP contribution in [-0.4, -0.2) is 50.8 Å². The summed E-state index contributed by atoms with van der Waals surface area (Å²) < 4.78 is 60.3. The van der Waals surface area contributed by atoms with Gasteiger partial charge in [-0.05, 0) is 78.6 Å². The van der Waals surface area contributed by atoms with E-state index in [1.165, 1.54) is 12.1 Å². The van der Waals surface area contributed by atoms with Crippen molar-refractivity contribution >= 4 is 39.1 Å². The molecular weight excluding hydrogens is 533 g/mol. The Bertz CT molecular complexity index is 1230. The van der Waals surface area contributed by atoms with Crippen LogP contribution in [0.2, 0.25) is 10.0 Å². The van der Waals surface area contributed by atoms with Gasteiger partial charge >= 0.3 is 0 Å². The normalized spacial score (nSPS) is 18.2. The standard InChI is InChI=1S/C25H28Cl2F2N2O4S/c1-36(33,34)30-24(32)22-12-21(17-2-3-17)18(10-23(22)28)14-35-15-25(29)4-6-31(7-5-25)13-16-8-19(26)11-20(27)9-16/h8-12,17H,2-7,13-15H2,1H3,(H,30,32). The first-order valence-corrected chi connectivity index (χ1v) is 14.3. The minimum Gasteiger partial charge on any atom is -0.373 e. The molecule has 2 aliphatic rings. The number of hydrogen-bond acceptors (Lipinski definition) is 5. The van der Waals surface area contributed by atoms with Crippen LogP contribution in [0.4, 0.5) is 8.78 Å². The molecule has 4 rings (SSSR count). The van der Waals surface area contributed by atoms with E-state index >= 15 is 4.39 Å². The molecule has 11 heteroatoms. The quantitative estimate of drug-likeness (QED) is 0.455. The highest BCUT2D eigenvalue weighted by Crippen LogP contribution is 2.43. The molecule has 1 aliphatic heterocycles. The van der Waals surface area contributed by atoms with Crippen molar-refractivity contribution in [1.29, 1.82) is 0 Å². The number of alkyl halides is 1. The lowest BCUT2D eigenvalue weighted by atomic mass is 9.94. The van der Waals surface area contributed by atoms with Gasteiger partial charge < -0.3 is 4.74 Å². The van der Waals surface area contributed by atoms with Gasteiger partial charge in [0.05, 0.1) is 25.0 Å². The largest absolute Gasteiger partial charge is 0.373 e. The van der Waals surface area contributed by atoms with Crippen molar-refractivity contribution in [2.75, 3.05) is 26.0 Å². The summed E-state index contributed by atoms with van der Waals surface area (Å²) in [5, 5.41) is 1.13. The highest BCUT2D eigenvalue weighted by atomic mass is 35.5. The summed E-state index contributed by atoms with van der Waals surface area (Å²) >= 11 is 12.1. The SMILES string of the molecule is CS(=O)(=O)NC(=O)c1cc(C2CC2)c(COCC2(F)CCN(Cc3cc(Cl)cc(Cl)c3)CC2)cc1F. The van der Waals surface area contributed by atoms with Gasteiger partial charge in [-0.25, -0.2) is 21.9 Å². The van der Waals surface area contributed by atoms with Gasteiger partial charge in [0.1, 0.15) is 11.5 Å². The van der Waals surface area contributed by atoms with E-state index in [4.69, 9.17) is 27.9 Å². The summed E-state index contributed by atoms with van der Waals surface area (Å²) in [7, 11) is -3.82. The second-order valence-corrected chi connectivity index (χ2v) is 12.3. The fourth-order valence-corrected chi connectivity index (χ4v) is 5.51. The van der Waals surface area contributed by atoms with Crippen LogP contribution in [0.3, 0.4) is 0 Å². The van der Waals surface area contributed by atoms with E-state index < -0.39 is 27.4 Å². The molecule has 2 aromatic rings. The number of nitrogens with zero attached hydrogens (tertiary/aromatic N) is 1. The molecule has 1 saturated carbocycles. The fraction of sp³-hybridized carbons (Fsp3) is 0.480. The lowest BCUT2D eigenvalue weighted by molar-refractivity contribution is -0.0321. The third-order valence-electron chi connectivity index (χ3n) is 6.47. The van der Waals surface area contributed by atoms with Gasteiger partial charge in [-0.2, -0.15) is 0 Å². The maximum absolute atomic E-state index is 15.4. The van der Waals surface area contributed by atoms with Gasteiger partial charge in [0, 0.05) is 29.7 Å². The molecular formula is C25H28Cl2F2N2O4S. The third kappa shape index (κ3) is 7.38. The minimum atomic E-state index is -3.82. The number of piperidine rings is 1. The number of rotatable bonds is 9. The lowest BCUT2D eigenvalue weighted by Crippen LogP contribution is -2.44. The van der Waals surface area contributed by atoms with Crippen molar-refractivity contribution in [3.63, 3.8) is 0 Å². The molecule has 1 heterocycles. The van der Waals surface area contributed by atoms with Gasteiger partial charge in [0.2, 0.25) is 10.0 Å². The molecule has 0 atom stereocenters. The average molecular weight is 561 g/mol. The van der Waals surface area contributed by atoms with E-state index in [0.29, 0.717) is 48.1 Å². The average Bonchev–Trinajstić information content (AvgIpc) is 3.59. The molecule has 36 heavy (non-hydrogen) atoms. The molecule has 1 saturated heterocycles. The fourth-order valence-electron chi connectivity index (χ4n) is 4.49. The van der Waals surface area contributed by atoms with Crippen LogP contribution in [0.1, 0.15) is 58.6 Å². The molecule has 0 radical (unpaired) electrons. The van der Waals surface area contributed by atoms with Crippen LogP contribution >= 0.6 is 23.2 Å². The van der Waals surface area contributed by atoms with Crippen molar-refractivity contribution in [2.24, 2.45) is 0 Å². The number of benzene rings is 2. The maximum atomic E-state index is 15.4. The lowest BCUT2D eigenvalue weighted by Gasteiger charge is -2.36.